The number of hydrogen-bond donors (Lipinski definition) is 3. The number of carbonyl (C=O) groups is 1. The van der Waals surface area contributed by atoms with Gasteiger partial charge in [0.1, 0.15) is 4.88 Å². The zero-order chi connectivity index (χ0) is 12.4. The zero-order valence-electron chi connectivity index (χ0n) is 10.0. The van der Waals surface area contributed by atoms with Gasteiger partial charge in [0.2, 0.25) is 0 Å². The molecule has 0 saturated heterocycles. The maximum absolute atomic E-state index is 11.1. The van der Waals surface area contributed by atoms with Crippen molar-refractivity contribution in [3.8, 4) is 0 Å². The van der Waals surface area contributed by atoms with Crippen LogP contribution in [0.4, 0.5) is 10.7 Å². The summed E-state index contributed by atoms with van der Waals surface area (Å²) in [7, 11) is 0. The van der Waals surface area contributed by atoms with Crippen LogP contribution in [0, 0.1) is 5.92 Å². The lowest BCUT2D eigenvalue weighted by molar-refractivity contribution is 0.100. The predicted octanol–water partition coefficient (Wildman–Crippen LogP) is 2.42. The Hall–Kier alpha value is -1.23. The van der Waals surface area contributed by atoms with E-state index in [1.165, 1.54) is 37.0 Å². The molecule has 0 spiro atoms. The van der Waals surface area contributed by atoms with E-state index in [4.69, 9.17) is 11.5 Å². The fraction of sp³-hybridized carbons (Fsp3) is 0.583. The number of primary amides is 1. The van der Waals surface area contributed by atoms with Gasteiger partial charge in [-0.15, -0.1) is 11.3 Å². The van der Waals surface area contributed by atoms with Crippen molar-refractivity contribution in [2.75, 3.05) is 11.1 Å². The summed E-state index contributed by atoms with van der Waals surface area (Å²) in [5.41, 5.74) is 11.5. The van der Waals surface area contributed by atoms with Crippen LogP contribution in [0.15, 0.2) is 6.07 Å². The third kappa shape index (κ3) is 2.91. The molecule has 0 radical (unpaired) electrons. The highest BCUT2D eigenvalue weighted by atomic mass is 32.1. The van der Waals surface area contributed by atoms with Crippen molar-refractivity contribution in [2.45, 2.75) is 38.6 Å². The zero-order valence-corrected chi connectivity index (χ0v) is 10.8. The number of carbonyl (C=O) groups excluding carboxylic acids is 1. The number of nitrogen functional groups attached to an aromatic ring is 1. The van der Waals surface area contributed by atoms with Gasteiger partial charge in [-0.1, -0.05) is 6.92 Å². The van der Waals surface area contributed by atoms with E-state index < -0.39 is 5.91 Å². The number of thiophene rings is 1. The summed E-state index contributed by atoms with van der Waals surface area (Å²) in [5.74, 6) is 0.389. The Balaban J connectivity index is 1.99. The van der Waals surface area contributed by atoms with Gasteiger partial charge in [-0.05, 0) is 37.7 Å². The molecule has 0 atom stereocenters. The second-order valence-electron chi connectivity index (χ2n) is 4.86. The first-order valence-corrected chi connectivity index (χ1v) is 6.83. The number of nitrogens with two attached hydrogens (primary N) is 2. The Morgan fingerprint density at radius 2 is 2.06 bits per heavy atom. The molecule has 2 rings (SSSR count). The fourth-order valence-electron chi connectivity index (χ4n) is 2.27. The maximum Gasteiger partial charge on any atom is 0.260 e. The third-order valence-corrected chi connectivity index (χ3v) is 4.44. The standard InChI is InChI=1S/C12H19N3OS/c1-7-2-4-8(5-3-7)15-10-6-9(13)11(17-10)12(14)16/h6-8,15H,2-5,13H2,1H3,(H2,14,16). The topological polar surface area (TPSA) is 81.1 Å². The third-order valence-electron chi connectivity index (χ3n) is 3.35. The van der Waals surface area contributed by atoms with Crippen LogP contribution in [0.2, 0.25) is 0 Å². The Morgan fingerprint density at radius 3 is 2.59 bits per heavy atom. The Kier molecular flexibility index (Phi) is 3.57. The molecule has 0 bridgehead atoms. The van der Waals surface area contributed by atoms with Gasteiger partial charge in [0, 0.05) is 6.04 Å². The van der Waals surface area contributed by atoms with Crippen molar-refractivity contribution in [2.24, 2.45) is 11.7 Å². The first-order chi connectivity index (χ1) is 8.06. The molecule has 1 aliphatic carbocycles. The number of nitrogens with one attached hydrogen (secondary N) is 1. The molecule has 1 saturated carbocycles. The summed E-state index contributed by atoms with van der Waals surface area (Å²) < 4.78 is 0. The average molecular weight is 253 g/mol. The predicted molar refractivity (Wildman–Crippen MR) is 72.3 cm³/mol. The van der Waals surface area contributed by atoms with E-state index in [0.29, 0.717) is 16.6 Å². The molecular weight excluding hydrogens is 234 g/mol. The molecule has 1 fully saturated rings. The van der Waals surface area contributed by atoms with Crippen molar-refractivity contribution in [1.82, 2.24) is 0 Å². The molecule has 5 N–H and O–H groups in total. The summed E-state index contributed by atoms with van der Waals surface area (Å²) >= 11 is 1.35. The molecule has 0 aromatic carbocycles. The quantitative estimate of drug-likeness (QED) is 0.773. The van der Waals surface area contributed by atoms with Crippen LogP contribution in [-0.2, 0) is 0 Å². The fourth-order valence-corrected chi connectivity index (χ4v) is 3.18. The lowest BCUT2D eigenvalue weighted by Gasteiger charge is -2.27. The second kappa shape index (κ2) is 4.96. The minimum absolute atomic E-state index is 0.446. The molecule has 17 heavy (non-hydrogen) atoms. The van der Waals surface area contributed by atoms with Gasteiger partial charge < -0.3 is 16.8 Å². The van der Waals surface area contributed by atoms with E-state index in [1.54, 1.807) is 0 Å². The second-order valence-corrected chi connectivity index (χ2v) is 5.91. The molecule has 0 unspecified atom stereocenters. The highest BCUT2D eigenvalue weighted by Gasteiger charge is 2.19. The minimum Gasteiger partial charge on any atom is -0.397 e. The van der Waals surface area contributed by atoms with Gasteiger partial charge in [0.05, 0.1) is 10.7 Å². The SMILES string of the molecule is CC1CCC(Nc2cc(N)c(C(N)=O)s2)CC1. The lowest BCUT2D eigenvalue weighted by atomic mass is 9.87. The normalized spacial score (nSPS) is 24.5. The van der Waals surface area contributed by atoms with E-state index in [0.717, 1.165) is 10.9 Å². The monoisotopic (exact) mass is 253 g/mol. The molecule has 1 aromatic heterocycles. The number of anilines is 2. The van der Waals surface area contributed by atoms with Gasteiger partial charge in [-0.3, -0.25) is 4.79 Å². The average Bonchev–Trinajstić information content (AvgIpc) is 2.63. The molecule has 94 valence electrons. The van der Waals surface area contributed by atoms with E-state index >= 15 is 0 Å². The number of amides is 1. The van der Waals surface area contributed by atoms with Crippen LogP contribution in [0.25, 0.3) is 0 Å². The molecular formula is C12H19N3OS. The van der Waals surface area contributed by atoms with Crippen molar-refractivity contribution >= 4 is 27.9 Å². The van der Waals surface area contributed by atoms with Gasteiger partial charge in [-0.25, -0.2) is 0 Å². The molecule has 1 aliphatic rings. The van der Waals surface area contributed by atoms with Crippen LogP contribution >= 0.6 is 11.3 Å². The van der Waals surface area contributed by atoms with Crippen LogP contribution in [-0.4, -0.2) is 11.9 Å². The van der Waals surface area contributed by atoms with Crippen molar-refractivity contribution in [1.29, 1.82) is 0 Å². The van der Waals surface area contributed by atoms with E-state index in [2.05, 4.69) is 12.2 Å². The first-order valence-electron chi connectivity index (χ1n) is 6.02. The van der Waals surface area contributed by atoms with E-state index in [9.17, 15) is 4.79 Å². The molecule has 5 heteroatoms. The Labute approximate surface area is 105 Å². The summed E-state index contributed by atoms with van der Waals surface area (Å²) in [5, 5.41) is 4.40. The molecule has 1 amide bonds. The highest BCUT2D eigenvalue weighted by molar-refractivity contribution is 7.18. The van der Waals surface area contributed by atoms with Crippen molar-refractivity contribution in [3.05, 3.63) is 10.9 Å². The largest absolute Gasteiger partial charge is 0.397 e. The molecule has 4 nitrogen and oxygen atoms in total. The van der Waals surface area contributed by atoms with Crippen LogP contribution < -0.4 is 16.8 Å². The lowest BCUT2D eigenvalue weighted by Crippen LogP contribution is -2.24. The van der Waals surface area contributed by atoms with E-state index in [-0.39, 0.29) is 0 Å². The van der Waals surface area contributed by atoms with Gasteiger partial charge in [-0.2, -0.15) is 0 Å². The summed E-state index contributed by atoms with van der Waals surface area (Å²) in [6, 6.07) is 2.31. The van der Waals surface area contributed by atoms with Crippen molar-refractivity contribution < 1.29 is 4.79 Å². The summed E-state index contributed by atoms with van der Waals surface area (Å²) in [6.07, 6.45) is 4.90. The molecule has 1 heterocycles. The first kappa shape index (κ1) is 12.2. The van der Waals surface area contributed by atoms with Crippen molar-refractivity contribution in [3.63, 3.8) is 0 Å². The van der Waals surface area contributed by atoms with Gasteiger partial charge >= 0.3 is 0 Å². The summed E-state index contributed by atoms with van der Waals surface area (Å²) in [6.45, 7) is 2.30. The molecule has 0 aliphatic heterocycles. The van der Waals surface area contributed by atoms with Crippen LogP contribution in [0.1, 0.15) is 42.3 Å². The Morgan fingerprint density at radius 1 is 1.41 bits per heavy atom. The number of hydrogen-bond acceptors (Lipinski definition) is 4. The highest BCUT2D eigenvalue weighted by Crippen LogP contribution is 2.32. The summed E-state index contributed by atoms with van der Waals surface area (Å²) in [4.78, 5) is 11.6. The van der Waals surface area contributed by atoms with Gasteiger partial charge in [0.15, 0.2) is 0 Å². The van der Waals surface area contributed by atoms with Crippen LogP contribution in [0.3, 0.4) is 0 Å². The smallest absolute Gasteiger partial charge is 0.260 e. The Bertz CT molecular complexity index is 408. The van der Waals surface area contributed by atoms with Gasteiger partial charge in [0.25, 0.3) is 5.91 Å². The minimum atomic E-state index is -0.446. The van der Waals surface area contributed by atoms with E-state index in [1.807, 2.05) is 6.07 Å². The van der Waals surface area contributed by atoms with Crippen LogP contribution in [0.5, 0.6) is 0 Å². The molecule has 1 aromatic rings. The number of rotatable bonds is 3. The maximum atomic E-state index is 11.1.